The first kappa shape index (κ1) is 25.7. The van der Waals surface area contributed by atoms with E-state index in [2.05, 4.69) is 121 Å². The molecule has 0 saturated carbocycles. The Labute approximate surface area is 262 Å². The minimum atomic E-state index is -2.87. The Balaban J connectivity index is 1.33. The van der Waals surface area contributed by atoms with Crippen LogP contribution in [-0.2, 0) is 0 Å². The average molecular weight is 595 g/mol. The number of hydrogen-bond donors (Lipinski definition) is 0. The number of ether oxygens (including phenoxy) is 2. The first-order chi connectivity index (χ1) is 22.3. The summed E-state index contributed by atoms with van der Waals surface area (Å²) >= 11 is 0. The molecule has 6 aromatic carbocycles. The van der Waals surface area contributed by atoms with Crippen LogP contribution in [0.25, 0.3) is 33.9 Å². The SMILES string of the molecule is c1ccc(-c2cc(-c3ccc4c(c3)[Si]3(c5ccccc5Oc5ccccc53)c3ccccc3O4)nc(-c3ccccc3)n2)cc1. The highest BCUT2D eigenvalue weighted by atomic mass is 28.3. The summed E-state index contributed by atoms with van der Waals surface area (Å²) in [5.41, 5.74) is 4.79. The van der Waals surface area contributed by atoms with Crippen LogP contribution in [0.4, 0.5) is 0 Å². The molecule has 0 aliphatic carbocycles. The molecule has 0 bridgehead atoms. The van der Waals surface area contributed by atoms with Crippen molar-refractivity contribution in [3.63, 3.8) is 0 Å². The summed E-state index contributed by atoms with van der Waals surface area (Å²) in [6.07, 6.45) is 0. The van der Waals surface area contributed by atoms with Crippen molar-refractivity contribution < 1.29 is 9.47 Å². The van der Waals surface area contributed by atoms with Gasteiger partial charge in [0.1, 0.15) is 23.0 Å². The summed E-state index contributed by atoms with van der Waals surface area (Å²) in [5, 5.41) is 4.84. The van der Waals surface area contributed by atoms with Crippen LogP contribution in [0.2, 0.25) is 0 Å². The monoisotopic (exact) mass is 594 g/mol. The van der Waals surface area contributed by atoms with E-state index in [-0.39, 0.29) is 0 Å². The third kappa shape index (κ3) is 3.98. The van der Waals surface area contributed by atoms with E-state index in [1.807, 2.05) is 36.4 Å². The number of aromatic nitrogens is 2. The van der Waals surface area contributed by atoms with Crippen LogP contribution in [0.3, 0.4) is 0 Å². The molecule has 5 heteroatoms. The predicted molar refractivity (Wildman–Crippen MR) is 182 cm³/mol. The van der Waals surface area contributed by atoms with Crippen LogP contribution in [0.1, 0.15) is 0 Å². The van der Waals surface area contributed by atoms with E-state index in [1.54, 1.807) is 0 Å². The highest BCUT2D eigenvalue weighted by molar-refractivity contribution is 7.21. The summed E-state index contributed by atoms with van der Waals surface area (Å²) < 4.78 is 13.2. The molecule has 7 aromatic rings. The molecule has 0 saturated heterocycles. The Hall–Kier alpha value is -5.78. The van der Waals surface area contributed by atoms with Crippen molar-refractivity contribution >= 4 is 28.8 Å². The fraction of sp³-hybridized carbons (Fsp3) is 0. The molecule has 45 heavy (non-hydrogen) atoms. The second-order valence-electron chi connectivity index (χ2n) is 11.3. The molecule has 1 aromatic heterocycles. The Morgan fingerprint density at radius 1 is 0.356 bits per heavy atom. The number of benzene rings is 6. The first-order valence-electron chi connectivity index (χ1n) is 15.1. The summed E-state index contributed by atoms with van der Waals surface area (Å²) in [5.74, 6) is 4.26. The molecule has 0 radical (unpaired) electrons. The van der Waals surface area contributed by atoms with E-state index < -0.39 is 8.07 Å². The van der Waals surface area contributed by atoms with E-state index in [1.165, 1.54) is 20.7 Å². The van der Waals surface area contributed by atoms with Gasteiger partial charge in [-0.05, 0) is 63.2 Å². The molecule has 9 rings (SSSR count). The Morgan fingerprint density at radius 3 is 1.36 bits per heavy atom. The van der Waals surface area contributed by atoms with Gasteiger partial charge in [0.05, 0.1) is 11.4 Å². The number of hydrogen-bond acceptors (Lipinski definition) is 4. The highest BCUT2D eigenvalue weighted by Crippen LogP contribution is 2.37. The van der Waals surface area contributed by atoms with E-state index in [0.29, 0.717) is 5.82 Å². The lowest BCUT2D eigenvalue weighted by atomic mass is 10.1. The molecular formula is C40H26N2O2Si. The van der Waals surface area contributed by atoms with E-state index in [4.69, 9.17) is 19.4 Å². The molecule has 4 nitrogen and oxygen atoms in total. The second-order valence-corrected chi connectivity index (χ2v) is 15.0. The fourth-order valence-corrected chi connectivity index (χ4v) is 12.0. The lowest BCUT2D eigenvalue weighted by molar-refractivity contribution is 0.481. The molecule has 212 valence electrons. The van der Waals surface area contributed by atoms with Gasteiger partial charge in [0, 0.05) is 16.7 Å². The molecule has 0 amide bonds. The van der Waals surface area contributed by atoms with Crippen LogP contribution in [0.5, 0.6) is 23.0 Å². The van der Waals surface area contributed by atoms with Crippen molar-refractivity contribution in [2.75, 3.05) is 0 Å². The predicted octanol–water partition coefficient (Wildman–Crippen LogP) is 7.07. The standard InChI is InChI=1S/C40H26N2O2Si/c1-3-13-27(14-4-1)30-26-31(42-40(41-30)28-15-5-2-6-16-28)29-23-24-35-39(25-29)45(38-22-12-9-19-34(38)44-35)36-20-10-7-17-32(36)43-33-18-8-11-21-37(33)45/h1-26H. The summed E-state index contributed by atoms with van der Waals surface area (Å²) in [7, 11) is -2.87. The molecular weight excluding hydrogens is 569 g/mol. The molecule has 0 atom stereocenters. The van der Waals surface area contributed by atoms with Gasteiger partial charge in [-0.1, -0.05) is 115 Å². The van der Waals surface area contributed by atoms with Crippen LogP contribution < -0.4 is 30.2 Å². The smallest absolute Gasteiger partial charge is 0.196 e. The quantitative estimate of drug-likeness (QED) is 0.205. The fourth-order valence-electron chi connectivity index (χ4n) is 6.84. The second kappa shape index (κ2) is 10.1. The Morgan fingerprint density at radius 2 is 0.800 bits per heavy atom. The molecule has 2 aliphatic rings. The van der Waals surface area contributed by atoms with Gasteiger partial charge in [0.15, 0.2) is 13.9 Å². The summed E-state index contributed by atoms with van der Waals surface area (Å²) in [6.45, 7) is 0. The molecule has 3 heterocycles. The number of rotatable bonds is 3. The third-order valence-corrected chi connectivity index (χ3v) is 13.7. The topological polar surface area (TPSA) is 44.2 Å². The van der Waals surface area contributed by atoms with Gasteiger partial charge in [0.25, 0.3) is 0 Å². The number of para-hydroxylation sites is 3. The van der Waals surface area contributed by atoms with Gasteiger partial charge in [-0.2, -0.15) is 0 Å². The van der Waals surface area contributed by atoms with Gasteiger partial charge >= 0.3 is 0 Å². The average Bonchev–Trinajstić information content (AvgIpc) is 3.12. The van der Waals surface area contributed by atoms with Crippen LogP contribution >= 0.6 is 0 Å². The van der Waals surface area contributed by atoms with Gasteiger partial charge in [-0.3, -0.25) is 0 Å². The lowest BCUT2D eigenvalue weighted by Crippen LogP contribution is -2.77. The minimum absolute atomic E-state index is 0.694. The van der Waals surface area contributed by atoms with Crippen LogP contribution in [-0.4, -0.2) is 18.0 Å². The van der Waals surface area contributed by atoms with E-state index in [0.717, 1.165) is 51.1 Å². The van der Waals surface area contributed by atoms with Gasteiger partial charge in [-0.15, -0.1) is 0 Å². The van der Waals surface area contributed by atoms with Crippen LogP contribution in [0, 0.1) is 0 Å². The normalized spacial score (nSPS) is 13.4. The zero-order valence-corrected chi connectivity index (χ0v) is 25.2. The zero-order valence-electron chi connectivity index (χ0n) is 24.2. The summed E-state index contributed by atoms with van der Waals surface area (Å²) in [4.78, 5) is 10.2. The van der Waals surface area contributed by atoms with Crippen molar-refractivity contribution in [2.45, 2.75) is 0 Å². The maximum atomic E-state index is 6.67. The molecule has 0 N–H and O–H groups in total. The zero-order chi connectivity index (χ0) is 29.8. The van der Waals surface area contributed by atoms with Crippen molar-refractivity contribution in [1.29, 1.82) is 0 Å². The molecule has 0 fully saturated rings. The largest absolute Gasteiger partial charge is 0.458 e. The lowest BCUT2D eigenvalue weighted by Gasteiger charge is -2.43. The maximum absolute atomic E-state index is 6.67. The Kier molecular flexibility index (Phi) is 5.79. The minimum Gasteiger partial charge on any atom is -0.458 e. The maximum Gasteiger partial charge on any atom is 0.196 e. The van der Waals surface area contributed by atoms with Gasteiger partial charge < -0.3 is 9.47 Å². The van der Waals surface area contributed by atoms with Crippen molar-refractivity contribution in [1.82, 2.24) is 9.97 Å². The van der Waals surface area contributed by atoms with Crippen molar-refractivity contribution in [2.24, 2.45) is 0 Å². The molecule has 0 unspecified atom stereocenters. The first-order valence-corrected chi connectivity index (χ1v) is 17.1. The number of fused-ring (bicyclic) bond motifs is 8. The molecule has 1 spiro atoms. The van der Waals surface area contributed by atoms with Crippen molar-refractivity contribution in [3.05, 3.63) is 158 Å². The Bertz CT molecular complexity index is 2070. The van der Waals surface area contributed by atoms with E-state index in [9.17, 15) is 0 Å². The van der Waals surface area contributed by atoms with Crippen molar-refractivity contribution in [3.8, 4) is 56.9 Å². The third-order valence-electron chi connectivity index (χ3n) is 8.82. The summed E-state index contributed by atoms with van der Waals surface area (Å²) in [6, 6.07) is 54.6. The number of nitrogens with zero attached hydrogens (tertiary/aromatic N) is 2. The van der Waals surface area contributed by atoms with Gasteiger partial charge in [-0.25, -0.2) is 9.97 Å². The highest BCUT2D eigenvalue weighted by Gasteiger charge is 2.52. The van der Waals surface area contributed by atoms with E-state index >= 15 is 0 Å². The molecule has 2 aliphatic heterocycles. The van der Waals surface area contributed by atoms with Crippen LogP contribution in [0.15, 0.2) is 158 Å². The van der Waals surface area contributed by atoms with Gasteiger partial charge in [0.2, 0.25) is 0 Å².